The molecule has 1 aromatic rings. The van der Waals surface area contributed by atoms with E-state index < -0.39 is 11.4 Å². The van der Waals surface area contributed by atoms with Crippen LogP contribution in [-0.2, 0) is 14.3 Å². The molecular weight excluding hydrogens is 357 g/mol. The van der Waals surface area contributed by atoms with Gasteiger partial charge in [-0.25, -0.2) is 0 Å². The number of carbonyl (C=O) groups is 2. The maximum Gasteiger partial charge on any atom is 0.313 e. The van der Waals surface area contributed by atoms with Gasteiger partial charge in [0.2, 0.25) is 0 Å². The monoisotopic (exact) mass is 375 g/mol. The fraction of sp³-hybridized carbons (Fsp3) is 0.500. The van der Waals surface area contributed by atoms with Crippen LogP contribution in [-0.4, -0.2) is 55.3 Å². The van der Waals surface area contributed by atoms with Crippen molar-refractivity contribution in [3.63, 3.8) is 0 Å². The molecule has 1 aliphatic heterocycles. The van der Waals surface area contributed by atoms with E-state index >= 15 is 0 Å². The number of carboxylic acid groups (broad SMARTS) is 1. The summed E-state index contributed by atoms with van der Waals surface area (Å²) in [6.45, 7) is 0.489. The number of carbonyl (C=O) groups excluding carboxylic acids is 1. The van der Waals surface area contributed by atoms with E-state index in [1.807, 2.05) is 0 Å². The second-order valence-electron chi connectivity index (χ2n) is 5.80. The van der Waals surface area contributed by atoms with Crippen molar-refractivity contribution >= 4 is 35.1 Å². The van der Waals surface area contributed by atoms with Crippen LogP contribution in [0.3, 0.4) is 0 Å². The number of benzene rings is 1. The number of hydrogen-bond donors (Lipinski definition) is 1. The van der Waals surface area contributed by atoms with Crippen molar-refractivity contribution in [1.29, 1.82) is 0 Å². The molecule has 0 bridgehead atoms. The van der Waals surface area contributed by atoms with Gasteiger partial charge in [0.15, 0.2) is 6.61 Å². The summed E-state index contributed by atoms with van der Waals surface area (Å²) >= 11 is 11.7. The van der Waals surface area contributed by atoms with Crippen LogP contribution in [0.15, 0.2) is 18.2 Å². The molecule has 132 valence electrons. The van der Waals surface area contributed by atoms with Gasteiger partial charge in [-0.2, -0.15) is 0 Å². The number of aliphatic carboxylic acids is 1. The second-order valence-corrected chi connectivity index (χ2v) is 6.62. The Labute approximate surface area is 150 Å². The minimum Gasteiger partial charge on any atom is -0.484 e. The summed E-state index contributed by atoms with van der Waals surface area (Å²) < 4.78 is 10.5. The van der Waals surface area contributed by atoms with Gasteiger partial charge in [-0.1, -0.05) is 23.2 Å². The molecule has 2 rings (SSSR count). The van der Waals surface area contributed by atoms with Gasteiger partial charge in [0.05, 0.1) is 16.7 Å². The number of likely N-dealkylation sites (tertiary alicyclic amines) is 1. The number of hydrogen-bond acceptors (Lipinski definition) is 4. The number of amides is 1. The standard InChI is InChI=1S/C16H19Cl2NO5/c1-23-10-16(15(21)22)5-2-6-19(9-16)14(20)8-24-11-3-4-12(17)13(18)7-11/h3-4,7H,2,5-6,8-10H2,1H3,(H,21,22). The molecule has 0 aliphatic carbocycles. The third-order valence-corrected chi connectivity index (χ3v) is 4.80. The van der Waals surface area contributed by atoms with Crippen LogP contribution in [0.4, 0.5) is 0 Å². The average molecular weight is 376 g/mol. The highest BCUT2D eigenvalue weighted by molar-refractivity contribution is 6.42. The number of ether oxygens (including phenoxy) is 2. The van der Waals surface area contributed by atoms with Gasteiger partial charge in [-0.3, -0.25) is 9.59 Å². The number of rotatable bonds is 6. The lowest BCUT2D eigenvalue weighted by atomic mass is 9.80. The van der Waals surface area contributed by atoms with E-state index in [-0.39, 0.29) is 25.7 Å². The van der Waals surface area contributed by atoms with Crippen molar-refractivity contribution in [1.82, 2.24) is 4.90 Å². The lowest BCUT2D eigenvalue weighted by Gasteiger charge is -2.39. The quantitative estimate of drug-likeness (QED) is 0.826. The SMILES string of the molecule is COCC1(C(=O)O)CCCN(C(=O)COc2ccc(Cl)c(Cl)c2)C1. The van der Waals surface area contributed by atoms with Crippen LogP contribution in [0.2, 0.25) is 10.0 Å². The predicted molar refractivity (Wildman–Crippen MR) is 89.7 cm³/mol. The van der Waals surface area contributed by atoms with Crippen molar-refractivity contribution in [3.05, 3.63) is 28.2 Å². The van der Waals surface area contributed by atoms with Crippen LogP contribution in [0, 0.1) is 5.41 Å². The van der Waals surface area contributed by atoms with Crippen LogP contribution < -0.4 is 4.74 Å². The van der Waals surface area contributed by atoms with Crippen LogP contribution in [0.5, 0.6) is 5.75 Å². The molecule has 1 unspecified atom stereocenters. The van der Waals surface area contributed by atoms with E-state index in [0.29, 0.717) is 35.2 Å². The van der Waals surface area contributed by atoms with Crippen molar-refractivity contribution in [2.75, 3.05) is 33.4 Å². The summed E-state index contributed by atoms with van der Waals surface area (Å²) in [4.78, 5) is 25.5. The maximum absolute atomic E-state index is 12.3. The van der Waals surface area contributed by atoms with E-state index in [1.54, 1.807) is 12.1 Å². The second kappa shape index (κ2) is 8.05. The minimum absolute atomic E-state index is 0.0692. The van der Waals surface area contributed by atoms with Crippen LogP contribution in [0.25, 0.3) is 0 Å². The van der Waals surface area contributed by atoms with Gasteiger partial charge in [0, 0.05) is 26.3 Å². The predicted octanol–water partition coefficient (Wildman–Crippen LogP) is 2.71. The zero-order valence-electron chi connectivity index (χ0n) is 13.3. The summed E-state index contributed by atoms with van der Waals surface area (Å²) in [6, 6.07) is 4.72. The minimum atomic E-state index is -1.06. The molecule has 1 aliphatic rings. The number of methoxy groups -OCH3 is 1. The zero-order valence-corrected chi connectivity index (χ0v) is 14.8. The van der Waals surface area contributed by atoms with E-state index in [4.69, 9.17) is 32.7 Å². The fourth-order valence-corrected chi connectivity index (χ4v) is 3.07. The molecule has 8 heteroatoms. The number of piperidine rings is 1. The van der Waals surface area contributed by atoms with Gasteiger partial charge in [-0.15, -0.1) is 0 Å². The molecule has 0 aromatic heterocycles. The third kappa shape index (κ3) is 4.32. The molecule has 6 nitrogen and oxygen atoms in total. The Kier molecular flexibility index (Phi) is 6.32. The van der Waals surface area contributed by atoms with Crippen LogP contribution in [0.1, 0.15) is 12.8 Å². The Morgan fingerprint density at radius 2 is 2.08 bits per heavy atom. The van der Waals surface area contributed by atoms with Crippen molar-refractivity contribution in [3.8, 4) is 5.75 Å². The Bertz CT molecular complexity index is 620. The summed E-state index contributed by atoms with van der Waals surface area (Å²) in [6.07, 6.45) is 1.09. The number of nitrogens with zero attached hydrogens (tertiary/aromatic N) is 1. The smallest absolute Gasteiger partial charge is 0.313 e. The molecule has 0 spiro atoms. The third-order valence-electron chi connectivity index (χ3n) is 4.06. The van der Waals surface area contributed by atoms with Gasteiger partial charge >= 0.3 is 5.97 Å². The molecule has 1 N–H and O–H groups in total. The molecule has 1 heterocycles. The van der Waals surface area contributed by atoms with Gasteiger partial charge in [0.25, 0.3) is 5.91 Å². The summed E-state index contributed by atoms with van der Waals surface area (Å²) in [5.41, 5.74) is -1.06. The largest absolute Gasteiger partial charge is 0.484 e. The first kappa shape index (κ1) is 18.8. The number of carboxylic acids is 1. The Morgan fingerprint density at radius 1 is 1.33 bits per heavy atom. The van der Waals surface area contributed by atoms with E-state index in [0.717, 1.165) is 0 Å². The molecule has 0 radical (unpaired) electrons. The fourth-order valence-electron chi connectivity index (χ4n) is 2.78. The normalized spacial score (nSPS) is 20.7. The van der Waals surface area contributed by atoms with Crippen LogP contribution >= 0.6 is 23.2 Å². The lowest BCUT2D eigenvalue weighted by molar-refractivity contribution is -0.159. The van der Waals surface area contributed by atoms with E-state index in [1.165, 1.54) is 18.1 Å². The topological polar surface area (TPSA) is 76.1 Å². The van der Waals surface area contributed by atoms with Crippen molar-refractivity contribution < 1.29 is 24.2 Å². The van der Waals surface area contributed by atoms with Crippen molar-refractivity contribution in [2.45, 2.75) is 12.8 Å². The Morgan fingerprint density at radius 3 is 2.71 bits per heavy atom. The Balaban J connectivity index is 1.98. The Hall–Kier alpha value is -1.50. The first-order valence-corrected chi connectivity index (χ1v) is 8.21. The van der Waals surface area contributed by atoms with Gasteiger partial charge in [-0.05, 0) is 25.0 Å². The first-order chi connectivity index (χ1) is 11.4. The molecule has 24 heavy (non-hydrogen) atoms. The summed E-state index contributed by atoms with van der Waals surface area (Å²) in [5.74, 6) is -0.800. The highest BCUT2D eigenvalue weighted by atomic mass is 35.5. The van der Waals surface area contributed by atoms with Gasteiger partial charge in [0.1, 0.15) is 11.2 Å². The molecule has 1 aromatic carbocycles. The highest BCUT2D eigenvalue weighted by Crippen LogP contribution is 2.31. The van der Waals surface area contributed by atoms with E-state index in [9.17, 15) is 14.7 Å². The highest BCUT2D eigenvalue weighted by Gasteiger charge is 2.43. The molecule has 1 atom stereocenters. The maximum atomic E-state index is 12.3. The number of halogens is 2. The molecular formula is C16H19Cl2NO5. The average Bonchev–Trinajstić information content (AvgIpc) is 2.56. The van der Waals surface area contributed by atoms with E-state index in [2.05, 4.69) is 0 Å². The summed E-state index contributed by atoms with van der Waals surface area (Å²) in [5, 5.41) is 10.2. The molecule has 1 fully saturated rings. The van der Waals surface area contributed by atoms with Gasteiger partial charge < -0.3 is 19.5 Å². The summed E-state index contributed by atoms with van der Waals surface area (Å²) in [7, 11) is 1.46. The van der Waals surface area contributed by atoms with Crippen molar-refractivity contribution in [2.24, 2.45) is 5.41 Å². The first-order valence-electron chi connectivity index (χ1n) is 7.46. The lowest BCUT2D eigenvalue weighted by Crippen LogP contribution is -2.53. The molecule has 1 amide bonds. The molecule has 1 saturated heterocycles. The molecule has 0 saturated carbocycles. The zero-order chi connectivity index (χ0) is 17.7.